The number of nitrogens with zero attached hydrogens (tertiary/aromatic N) is 2. The van der Waals surface area contributed by atoms with Crippen LogP contribution in [0.15, 0.2) is 17.0 Å². The van der Waals surface area contributed by atoms with Gasteiger partial charge >= 0.3 is 0 Å². The summed E-state index contributed by atoms with van der Waals surface area (Å²) in [5, 5.41) is 3.92. The first-order valence-corrected chi connectivity index (χ1v) is 9.69. The van der Waals surface area contributed by atoms with Gasteiger partial charge in [-0.1, -0.05) is 11.6 Å². The van der Waals surface area contributed by atoms with Gasteiger partial charge in [-0.2, -0.15) is 0 Å². The summed E-state index contributed by atoms with van der Waals surface area (Å²) >= 11 is 8.03. The van der Waals surface area contributed by atoms with Gasteiger partial charge < -0.3 is 15.1 Å². The van der Waals surface area contributed by atoms with E-state index in [1.807, 2.05) is 12.1 Å². The van der Waals surface area contributed by atoms with Crippen LogP contribution in [0, 0.1) is 5.92 Å². The van der Waals surface area contributed by atoms with Crippen molar-refractivity contribution < 1.29 is 4.79 Å². The van der Waals surface area contributed by atoms with Gasteiger partial charge in [0.05, 0.1) is 11.3 Å². The predicted molar refractivity (Wildman–Crippen MR) is 95.9 cm³/mol. The van der Waals surface area contributed by atoms with Gasteiger partial charge in [0, 0.05) is 41.8 Å². The third-order valence-electron chi connectivity index (χ3n) is 5.34. The van der Waals surface area contributed by atoms with Crippen molar-refractivity contribution in [1.29, 1.82) is 0 Å². The lowest BCUT2D eigenvalue weighted by molar-refractivity contribution is 0.0619. The largest absolute Gasteiger partial charge is 0.373 e. The Morgan fingerprint density at radius 2 is 2.09 bits per heavy atom. The van der Waals surface area contributed by atoms with Crippen LogP contribution in [0.1, 0.15) is 23.2 Å². The highest BCUT2D eigenvalue weighted by Gasteiger charge is 2.35. The standard InChI is InChI=1S/C17H22ClN3OS/c1-20-6-7-23-16-13(8-12(18)9-15(16)20)17(22)19-14-10-21-4-2-11(14)3-5-21/h8-9,11,14H,2-7,10H2,1H3,(H,19,22). The van der Waals surface area contributed by atoms with Gasteiger partial charge in [0.1, 0.15) is 0 Å². The van der Waals surface area contributed by atoms with E-state index < -0.39 is 0 Å². The quantitative estimate of drug-likeness (QED) is 0.888. The number of carbonyl (C=O) groups excluding carboxylic acids is 1. The molecule has 1 N–H and O–H groups in total. The summed E-state index contributed by atoms with van der Waals surface area (Å²) < 4.78 is 0. The summed E-state index contributed by atoms with van der Waals surface area (Å²) in [5.41, 5.74) is 1.81. The number of amides is 1. The summed E-state index contributed by atoms with van der Waals surface area (Å²) in [5.74, 6) is 1.67. The normalized spacial score (nSPS) is 29.3. The molecule has 23 heavy (non-hydrogen) atoms. The molecule has 4 nitrogen and oxygen atoms in total. The van der Waals surface area contributed by atoms with Crippen LogP contribution in [-0.2, 0) is 0 Å². The summed E-state index contributed by atoms with van der Waals surface area (Å²) in [4.78, 5) is 18.6. The molecular formula is C17H22ClN3OS. The number of hydrogen-bond donors (Lipinski definition) is 1. The van der Waals surface area contributed by atoms with Crippen LogP contribution in [0.25, 0.3) is 0 Å². The van der Waals surface area contributed by atoms with Crippen LogP contribution in [0.5, 0.6) is 0 Å². The third kappa shape index (κ3) is 2.94. The Hall–Kier alpha value is -0.910. The van der Waals surface area contributed by atoms with Gasteiger partial charge in [-0.3, -0.25) is 4.79 Å². The minimum absolute atomic E-state index is 0.0327. The molecule has 4 heterocycles. The molecule has 1 aromatic carbocycles. The van der Waals surface area contributed by atoms with E-state index >= 15 is 0 Å². The maximum atomic E-state index is 12.9. The van der Waals surface area contributed by atoms with E-state index in [4.69, 9.17) is 11.6 Å². The molecule has 4 aliphatic rings. The number of piperidine rings is 3. The Morgan fingerprint density at radius 3 is 2.78 bits per heavy atom. The number of benzene rings is 1. The molecule has 4 aliphatic heterocycles. The Labute approximate surface area is 146 Å². The van der Waals surface area contributed by atoms with Crippen molar-refractivity contribution >= 4 is 35.0 Å². The van der Waals surface area contributed by atoms with Gasteiger partial charge in [-0.05, 0) is 44.0 Å². The summed E-state index contributed by atoms with van der Waals surface area (Å²) in [6, 6.07) is 4.07. The number of thioether (sulfide) groups is 1. The van der Waals surface area contributed by atoms with E-state index in [0.29, 0.717) is 10.9 Å². The van der Waals surface area contributed by atoms with E-state index in [0.717, 1.165) is 35.0 Å². The average Bonchev–Trinajstić information content (AvgIpc) is 2.56. The van der Waals surface area contributed by atoms with E-state index in [-0.39, 0.29) is 11.9 Å². The van der Waals surface area contributed by atoms with Crippen molar-refractivity contribution in [2.24, 2.45) is 5.92 Å². The van der Waals surface area contributed by atoms with Crippen LogP contribution in [-0.4, -0.2) is 55.8 Å². The first-order chi connectivity index (χ1) is 11.1. The lowest BCUT2D eigenvalue weighted by Crippen LogP contribution is -2.57. The van der Waals surface area contributed by atoms with Crippen molar-refractivity contribution in [2.75, 3.05) is 43.9 Å². The second-order valence-corrected chi connectivity index (χ2v) is 8.33. The molecule has 1 aromatic rings. The molecule has 0 saturated carbocycles. The number of nitrogens with one attached hydrogen (secondary N) is 1. The highest BCUT2D eigenvalue weighted by Crippen LogP contribution is 2.39. The van der Waals surface area contributed by atoms with Crippen LogP contribution < -0.4 is 10.2 Å². The summed E-state index contributed by atoms with van der Waals surface area (Å²) in [6.07, 6.45) is 2.41. The second-order valence-electron chi connectivity index (χ2n) is 6.79. The van der Waals surface area contributed by atoms with Crippen molar-refractivity contribution in [2.45, 2.75) is 23.8 Å². The van der Waals surface area contributed by atoms with E-state index in [9.17, 15) is 4.79 Å². The zero-order valence-corrected chi connectivity index (χ0v) is 14.9. The molecule has 0 aromatic heterocycles. The molecule has 124 valence electrons. The first-order valence-electron chi connectivity index (χ1n) is 8.32. The Kier molecular flexibility index (Phi) is 4.20. The summed E-state index contributed by atoms with van der Waals surface area (Å²) in [7, 11) is 2.06. The van der Waals surface area contributed by atoms with Gasteiger partial charge in [0.25, 0.3) is 5.91 Å². The van der Waals surface area contributed by atoms with Gasteiger partial charge in [0.2, 0.25) is 0 Å². The van der Waals surface area contributed by atoms with Crippen LogP contribution in [0.3, 0.4) is 0 Å². The van der Waals surface area contributed by atoms with Gasteiger partial charge in [-0.15, -0.1) is 11.8 Å². The molecule has 3 saturated heterocycles. The molecule has 0 aliphatic carbocycles. The fraction of sp³-hybridized carbons (Fsp3) is 0.588. The molecular weight excluding hydrogens is 330 g/mol. The Balaban J connectivity index is 1.59. The van der Waals surface area contributed by atoms with E-state index in [2.05, 4.69) is 22.2 Å². The molecule has 1 unspecified atom stereocenters. The number of rotatable bonds is 2. The minimum Gasteiger partial charge on any atom is -0.373 e. The molecule has 3 fully saturated rings. The lowest BCUT2D eigenvalue weighted by Gasteiger charge is -2.45. The number of anilines is 1. The van der Waals surface area contributed by atoms with Crippen molar-refractivity contribution in [3.63, 3.8) is 0 Å². The van der Waals surface area contributed by atoms with E-state index in [1.165, 1.54) is 25.9 Å². The number of hydrogen-bond acceptors (Lipinski definition) is 4. The van der Waals surface area contributed by atoms with Crippen LogP contribution in [0.4, 0.5) is 5.69 Å². The molecule has 0 radical (unpaired) electrons. The predicted octanol–water partition coefficient (Wildman–Crippen LogP) is 2.71. The maximum Gasteiger partial charge on any atom is 0.252 e. The maximum absolute atomic E-state index is 12.9. The van der Waals surface area contributed by atoms with Crippen LogP contribution >= 0.6 is 23.4 Å². The molecule has 6 heteroatoms. The molecule has 2 bridgehead atoms. The van der Waals surface area contributed by atoms with Crippen molar-refractivity contribution in [3.8, 4) is 0 Å². The molecule has 1 atom stereocenters. The monoisotopic (exact) mass is 351 g/mol. The van der Waals surface area contributed by atoms with E-state index in [1.54, 1.807) is 11.8 Å². The highest BCUT2D eigenvalue weighted by atomic mass is 35.5. The Morgan fingerprint density at radius 1 is 1.30 bits per heavy atom. The molecule has 0 spiro atoms. The minimum atomic E-state index is 0.0327. The third-order valence-corrected chi connectivity index (χ3v) is 6.66. The molecule has 5 rings (SSSR count). The van der Waals surface area contributed by atoms with Gasteiger partial charge in [0.15, 0.2) is 0 Å². The average molecular weight is 352 g/mol. The smallest absolute Gasteiger partial charge is 0.252 e. The highest BCUT2D eigenvalue weighted by molar-refractivity contribution is 7.99. The zero-order chi connectivity index (χ0) is 16.0. The zero-order valence-electron chi connectivity index (χ0n) is 13.3. The van der Waals surface area contributed by atoms with Gasteiger partial charge in [-0.25, -0.2) is 0 Å². The summed E-state index contributed by atoms with van der Waals surface area (Å²) in [6.45, 7) is 4.35. The van der Waals surface area contributed by atoms with Crippen molar-refractivity contribution in [1.82, 2.24) is 10.2 Å². The topological polar surface area (TPSA) is 35.6 Å². The second kappa shape index (κ2) is 6.19. The number of fused-ring (bicyclic) bond motifs is 4. The van der Waals surface area contributed by atoms with Crippen molar-refractivity contribution in [3.05, 3.63) is 22.7 Å². The lowest BCUT2D eigenvalue weighted by atomic mass is 9.84. The SMILES string of the molecule is CN1CCSc2c(C(=O)NC3CN4CCC3CC4)cc(Cl)cc21. The fourth-order valence-corrected chi connectivity index (χ4v) is 5.41. The number of halogens is 1. The molecule has 1 amide bonds. The fourth-order valence-electron chi connectivity index (χ4n) is 3.96. The van der Waals surface area contributed by atoms with Crippen LogP contribution in [0.2, 0.25) is 5.02 Å². The Bertz CT molecular complexity index is 631. The first kappa shape index (κ1) is 15.6. The number of carbonyl (C=O) groups is 1.